The summed E-state index contributed by atoms with van der Waals surface area (Å²) < 4.78 is 1.63. The number of carbonyl (C=O) groups excluding carboxylic acids is 1. The van der Waals surface area contributed by atoms with Crippen LogP contribution in [0.15, 0.2) is 48.8 Å². The Morgan fingerprint density at radius 1 is 1.20 bits per heavy atom. The summed E-state index contributed by atoms with van der Waals surface area (Å²) >= 11 is 0. The van der Waals surface area contributed by atoms with Gasteiger partial charge in [-0.3, -0.25) is 9.48 Å². The van der Waals surface area contributed by atoms with Crippen molar-refractivity contribution < 1.29 is 4.79 Å². The van der Waals surface area contributed by atoms with E-state index in [9.17, 15) is 4.79 Å². The highest BCUT2D eigenvalue weighted by Crippen LogP contribution is 2.02. The second-order valence-corrected chi connectivity index (χ2v) is 4.61. The molecule has 0 aliphatic carbocycles. The summed E-state index contributed by atoms with van der Waals surface area (Å²) in [6.07, 6.45) is 4.30. The summed E-state index contributed by atoms with van der Waals surface area (Å²) in [6.45, 7) is 2.00. The minimum absolute atomic E-state index is 0.0510. The van der Waals surface area contributed by atoms with Gasteiger partial charge in [0, 0.05) is 32.0 Å². The molecule has 5 heteroatoms. The summed E-state index contributed by atoms with van der Waals surface area (Å²) in [5.41, 5.74) is 6.82. The van der Waals surface area contributed by atoms with Crippen molar-refractivity contribution in [3.63, 3.8) is 0 Å². The molecule has 1 heterocycles. The number of hydrogen-bond donors (Lipinski definition) is 1. The molecule has 0 bridgehead atoms. The number of nitrogens with zero attached hydrogens (tertiary/aromatic N) is 3. The Hall–Kier alpha value is -2.14. The van der Waals surface area contributed by atoms with Crippen molar-refractivity contribution in [3.8, 4) is 0 Å². The van der Waals surface area contributed by atoms with Crippen molar-refractivity contribution in [3.05, 3.63) is 54.4 Å². The Morgan fingerprint density at radius 2 is 2.00 bits per heavy atom. The van der Waals surface area contributed by atoms with E-state index in [-0.39, 0.29) is 12.5 Å². The van der Waals surface area contributed by atoms with Crippen LogP contribution in [0.4, 0.5) is 0 Å². The molecule has 0 atom stereocenters. The van der Waals surface area contributed by atoms with Gasteiger partial charge in [-0.25, -0.2) is 0 Å². The number of hydrogen-bond acceptors (Lipinski definition) is 3. The Labute approximate surface area is 119 Å². The third-order valence-electron chi connectivity index (χ3n) is 3.12. The zero-order chi connectivity index (χ0) is 14.2. The largest absolute Gasteiger partial charge is 0.339 e. The molecule has 1 aromatic carbocycles. The van der Waals surface area contributed by atoms with Gasteiger partial charge in [-0.05, 0) is 18.1 Å². The van der Waals surface area contributed by atoms with E-state index in [4.69, 9.17) is 5.73 Å². The highest BCUT2D eigenvalue weighted by atomic mass is 16.2. The lowest BCUT2D eigenvalue weighted by Gasteiger charge is -2.22. The van der Waals surface area contributed by atoms with Gasteiger partial charge in [0.1, 0.15) is 6.54 Å². The lowest BCUT2D eigenvalue weighted by molar-refractivity contribution is -0.131. The van der Waals surface area contributed by atoms with E-state index in [2.05, 4.69) is 17.2 Å². The van der Waals surface area contributed by atoms with Gasteiger partial charge in [-0.1, -0.05) is 30.3 Å². The van der Waals surface area contributed by atoms with E-state index in [0.717, 1.165) is 6.42 Å². The van der Waals surface area contributed by atoms with Gasteiger partial charge in [0.05, 0.1) is 0 Å². The van der Waals surface area contributed by atoms with Crippen LogP contribution in [0.25, 0.3) is 0 Å². The minimum atomic E-state index is 0.0510. The molecule has 0 aliphatic heterocycles. The van der Waals surface area contributed by atoms with Gasteiger partial charge in [0.25, 0.3) is 0 Å². The topological polar surface area (TPSA) is 64.2 Å². The van der Waals surface area contributed by atoms with Crippen molar-refractivity contribution in [2.75, 3.05) is 19.6 Å². The molecule has 0 aliphatic rings. The molecule has 0 saturated heterocycles. The lowest BCUT2D eigenvalue weighted by Crippen LogP contribution is -2.39. The SMILES string of the molecule is NCCN(CCc1ccccc1)C(=O)Cn1cccn1. The number of carbonyl (C=O) groups is 1. The average molecular weight is 272 g/mol. The minimum Gasteiger partial charge on any atom is -0.339 e. The standard InChI is InChI=1S/C15H20N4O/c16-8-12-18(11-7-14-5-2-1-3-6-14)15(20)13-19-10-4-9-17-19/h1-6,9-10H,7-8,11-13,16H2. The average Bonchev–Trinajstić information content (AvgIpc) is 2.97. The molecule has 0 spiro atoms. The van der Waals surface area contributed by atoms with Crippen molar-refractivity contribution in [2.24, 2.45) is 5.73 Å². The zero-order valence-electron chi connectivity index (χ0n) is 11.5. The molecule has 20 heavy (non-hydrogen) atoms. The molecule has 2 rings (SSSR count). The van der Waals surface area contributed by atoms with E-state index in [1.165, 1.54) is 5.56 Å². The smallest absolute Gasteiger partial charge is 0.244 e. The van der Waals surface area contributed by atoms with Crippen LogP contribution in [0.2, 0.25) is 0 Å². The Kier molecular flexibility index (Phi) is 5.32. The molecular weight excluding hydrogens is 252 g/mol. The first-order valence-corrected chi connectivity index (χ1v) is 6.79. The molecule has 1 aromatic heterocycles. The summed E-state index contributed by atoms with van der Waals surface area (Å²) in [6, 6.07) is 12.0. The first-order chi connectivity index (χ1) is 9.79. The van der Waals surface area contributed by atoms with Gasteiger partial charge >= 0.3 is 0 Å². The summed E-state index contributed by atoms with van der Waals surface area (Å²) in [5, 5.41) is 4.05. The fourth-order valence-electron chi connectivity index (χ4n) is 2.06. The third-order valence-corrected chi connectivity index (χ3v) is 3.12. The lowest BCUT2D eigenvalue weighted by atomic mass is 10.1. The Bertz CT molecular complexity index is 510. The molecule has 0 unspecified atom stereocenters. The molecular formula is C15H20N4O. The fraction of sp³-hybridized carbons (Fsp3) is 0.333. The number of benzene rings is 1. The molecule has 0 radical (unpaired) electrons. The van der Waals surface area contributed by atoms with Crippen molar-refractivity contribution in [2.45, 2.75) is 13.0 Å². The van der Waals surface area contributed by atoms with Crippen molar-refractivity contribution in [1.82, 2.24) is 14.7 Å². The van der Waals surface area contributed by atoms with Crippen LogP contribution in [0.1, 0.15) is 5.56 Å². The van der Waals surface area contributed by atoms with E-state index in [0.29, 0.717) is 19.6 Å². The Balaban J connectivity index is 1.90. The van der Waals surface area contributed by atoms with Gasteiger partial charge < -0.3 is 10.6 Å². The molecule has 0 fully saturated rings. The second-order valence-electron chi connectivity index (χ2n) is 4.61. The van der Waals surface area contributed by atoms with E-state index >= 15 is 0 Å². The van der Waals surface area contributed by atoms with Crippen LogP contribution in [0.3, 0.4) is 0 Å². The van der Waals surface area contributed by atoms with Crippen LogP contribution in [0, 0.1) is 0 Å². The van der Waals surface area contributed by atoms with Gasteiger partial charge in [-0.2, -0.15) is 5.10 Å². The van der Waals surface area contributed by atoms with Crippen LogP contribution in [-0.4, -0.2) is 40.2 Å². The van der Waals surface area contributed by atoms with Gasteiger partial charge in [-0.15, -0.1) is 0 Å². The molecule has 2 aromatic rings. The number of nitrogens with two attached hydrogens (primary N) is 1. The van der Waals surface area contributed by atoms with Gasteiger partial charge in [0.15, 0.2) is 0 Å². The normalized spacial score (nSPS) is 10.4. The van der Waals surface area contributed by atoms with E-state index < -0.39 is 0 Å². The monoisotopic (exact) mass is 272 g/mol. The molecule has 5 nitrogen and oxygen atoms in total. The predicted octanol–water partition coefficient (Wildman–Crippen LogP) is 0.913. The predicted molar refractivity (Wildman–Crippen MR) is 78.0 cm³/mol. The van der Waals surface area contributed by atoms with E-state index in [1.54, 1.807) is 22.0 Å². The number of amides is 1. The van der Waals surface area contributed by atoms with Crippen LogP contribution in [-0.2, 0) is 17.8 Å². The van der Waals surface area contributed by atoms with Crippen LogP contribution >= 0.6 is 0 Å². The van der Waals surface area contributed by atoms with Crippen LogP contribution < -0.4 is 5.73 Å². The third kappa shape index (κ3) is 4.20. The summed E-state index contributed by atoms with van der Waals surface area (Å²) in [7, 11) is 0. The first kappa shape index (κ1) is 14.3. The molecule has 2 N–H and O–H groups in total. The van der Waals surface area contributed by atoms with Crippen LogP contribution in [0.5, 0.6) is 0 Å². The molecule has 0 saturated carbocycles. The van der Waals surface area contributed by atoms with Crippen molar-refractivity contribution >= 4 is 5.91 Å². The zero-order valence-corrected chi connectivity index (χ0v) is 11.5. The summed E-state index contributed by atoms with van der Waals surface area (Å²) in [4.78, 5) is 14.0. The highest BCUT2D eigenvalue weighted by Gasteiger charge is 2.13. The summed E-state index contributed by atoms with van der Waals surface area (Å²) in [5.74, 6) is 0.0510. The first-order valence-electron chi connectivity index (χ1n) is 6.79. The van der Waals surface area contributed by atoms with Gasteiger partial charge in [0.2, 0.25) is 5.91 Å². The Morgan fingerprint density at radius 3 is 2.65 bits per heavy atom. The maximum atomic E-state index is 12.2. The number of rotatable bonds is 7. The maximum Gasteiger partial charge on any atom is 0.244 e. The van der Waals surface area contributed by atoms with E-state index in [1.807, 2.05) is 24.3 Å². The highest BCUT2D eigenvalue weighted by molar-refractivity contribution is 5.75. The van der Waals surface area contributed by atoms with Crippen molar-refractivity contribution in [1.29, 1.82) is 0 Å². The number of aromatic nitrogens is 2. The molecule has 1 amide bonds. The fourth-order valence-corrected chi connectivity index (χ4v) is 2.06. The second kappa shape index (κ2) is 7.45. The molecule has 106 valence electrons. The maximum absolute atomic E-state index is 12.2. The quantitative estimate of drug-likeness (QED) is 0.815.